The lowest BCUT2D eigenvalue weighted by molar-refractivity contribution is 0.332. The molecule has 28 heavy (non-hydrogen) atoms. The van der Waals surface area contributed by atoms with Gasteiger partial charge in [-0.25, -0.2) is 0 Å². The van der Waals surface area contributed by atoms with E-state index in [0.29, 0.717) is 0 Å². The highest BCUT2D eigenvalue weighted by molar-refractivity contribution is 5.69. The summed E-state index contributed by atoms with van der Waals surface area (Å²) < 4.78 is 0. The Bertz CT molecular complexity index is 956. The molecule has 0 fully saturated rings. The normalized spacial score (nSPS) is 23.2. The molecular weight excluding hydrogens is 338 g/mol. The van der Waals surface area contributed by atoms with Gasteiger partial charge in [0, 0.05) is 11.8 Å². The maximum atomic E-state index is 4.98. The van der Waals surface area contributed by atoms with Gasteiger partial charge in [0.1, 0.15) is 0 Å². The molecule has 2 aliphatic rings. The number of rotatable bonds is 1. The Kier molecular flexibility index (Phi) is 4.01. The second-order valence-corrected chi connectivity index (χ2v) is 12.0. The van der Waals surface area contributed by atoms with Crippen molar-refractivity contribution in [3.8, 4) is 11.3 Å². The van der Waals surface area contributed by atoms with Crippen LogP contribution in [0.15, 0.2) is 24.4 Å². The third-order valence-electron chi connectivity index (χ3n) is 7.72. The number of aryl methyl sites for hydroxylation is 1. The van der Waals surface area contributed by atoms with Crippen LogP contribution in [0.4, 0.5) is 0 Å². The van der Waals surface area contributed by atoms with Gasteiger partial charge in [-0.05, 0) is 87.8 Å². The fourth-order valence-corrected chi connectivity index (χ4v) is 6.00. The SMILES string of the molecule is Cc1cc2c(cc1-c1cc3c(cn1)C(C)(C)CC3(C)C)C(C)(C)CCC2(C)C. The first-order valence-electron chi connectivity index (χ1n) is 10.9. The maximum absolute atomic E-state index is 4.98. The van der Waals surface area contributed by atoms with E-state index in [0.717, 1.165) is 5.69 Å². The van der Waals surface area contributed by atoms with Crippen LogP contribution in [0.2, 0.25) is 0 Å². The molecule has 1 nitrogen and oxygen atoms in total. The molecule has 1 aromatic carbocycles. The third kappa shape index (κ3) is 2.85. The van der Waals surface area contributed by atoms with Gasteiger partial charge in [-0.2, -0.15) is 0 Å². The van der Waals surface area contributed by atoms with Gasteiger partial charge in [0.2, 0.25) is 0 Å². The highest BCUT2D eigenvalue weighted by Gasteiger charge is 2.42. The van der Waals surface area contributed by atoms with Gasteiger partial charge in [0.05, 0.1) is 5.69 Å². The summed E-state index contributed by atoms with van der Waals surface area (Å²) in [5.74, 6) is 0. The first kappa shape index (κ1) is 19.7. The van der Waals surface area contributed by atoms with Crippen molar-refractivity contribution >= 4 is 0 Å². The molecule has 4 rings (SSSR count). The average Bonchev–Trinajstić information content (AvgIpc) is 2.76. The summed E-state index contributed by atoms with van der Waals surface area (Å²) in [5.41, 5.74) is 10.7. The second-order valence-electron chi connectivity index (χ2n) is 12.0. The van der Waals surface area contributed by atoms with Crippen molar-refractivity contribution in [1.82, 2.24) is 4.98 Å². The lowest BCUT2D eigenvalue weighted by atomic mass is 9.62. The van der Waals surface area contributed by atoms with Crippen molar-refractivity contribution < 1.29 is 0 Å². The van der Waals surface area contributed by atoms with E-state index >= 15 is 0 Å². The first-order valence-corrected chi connectivity index (χ1v) is 10.9. The molecule has 0 saturated heterocycles. The predicted molar refractivity (Wildman–Crippen MR) is 120 cm³/mol. The topological polar surface area (TPSA) is 12.9 Å². The zero-order valence-electron chi connectivity index (χ0n) is 19.4. The van der Waals surface area contributed by atoms with E-state index < -0.39 is 0 Å². The van der Waals surface area contributed by atoms with Gasteiger partial charge < -0.3 is 0 Å². The molecule has 2 aromatic rings. The van der Waals surface area contributed by atoms with Crippen LogP contribution in [0.1, 0.15) is 102 Å². The molecule has 150 valence electrons. The van der Waals surface area contributed by atoms with Crippen molar-refractivity contribution in [2.75, 3.05) is 0 Å². The molecule has 0 bridgehead atoms. The maximum Gasteiger partial charge on any atom is 0.0707 e. The van der Waals surface area contributed by atoms with E-state index in [4.69, 9.17) is 4.98 Å². The van der Waals surface area contributed by atoms with Crippen LogP contribution in [-0.4, -0.2) is 4.98 Å². The summed E-state index contributed by atoms with van der Waals surface area (Å²) >= 11 is 0. The molecule has 0 spiro atoms. The van der Waals surface area contributed by atoms with Crippen LogP contribution in [-0.2, 0) is 21.7 Å². The smallest absolute Gasteiger partial charge is 0.0707 e. The first-order chi connectivity index (χ1) is 12.7. The fraction of sp³-hybridized carbons (Fsp3) is 0.593. The van der Waals surface area contributed by atoms with Gasteiger partial charge in [0.25, 0.3) is 0 Å². The summed E-state index contributed by atoms with van der Waals surface area (Å²) in [6.45, 7) is 21.4. The van der Waals surface area contributed by atoms with Crippen LogP contribution >= 0.6 is 0 Å². The monoisotopic (exact) mass is 375 g/mol. The standard InChI is InChI=1S/C27H37N/c1-17-12-19-20(25(4,5)11-10-24(19,2)3)13-18(17)23-14-21-22(15-28-23)27(8,9)16-26(21,6)7/h12-15H,10-11,16H2,1-9H3. The summed E-state index contributed by atoms with van der Waals surface area (Å²) in [4.78, 5) is 4.98. The summed E-state index contributed by atoms with van der Waals surface area (Å²) in [5, 5.41) is 0. The van der Waals surface area contributed by atoms with Crippen LogP contribution in [0.3, 0.4) is 0 Å². The number of hydrogen-bond acceptors (Lipinski definition) is 1. The Morgan fingerprint density at radius 2 is 1.14 bits per heavy atom. The highest BCUT2D eigenvalue weighted by atomic mass is 14.7. The lowest BCUT2D eigenvalue weighted by Gasteiger charge is -2.42. The minimum absolute atomic E-state index is 0.208. The van der Waals surface area contributed by atoms with Gasteiger partial charge >= 0.3 is 0 Å². The van der Waals surface area contributed by atoms with Crippen molar-refractivity contribution in [2.45, 2.75) is 103 Å². The molecule has 0 amide bonds. The minimum Gasteiger partial charge on any atom is -0.256 e. The molecule has 2 aliphatic carbocycles. The molecule has 0 saturated carbocycles. The Hall–Kier alpha value is -1.63. The second kappa shape index (κ2) is 5.71. The van der Waals surface area contributed by atoms with Crippen LogP contribution in [0.5, 0.6) is 0 Å². The number of fused-ring (bicyclic) bond motifs is 2. The number of hydrogen-bond donors (Lipinski definition) is 0. The molecule has 0 aliphatic heterocycles. The van der Waals surface area contributed by atoms with Gasteiger partial charge in [-0.1, -0.05) is 61.5 Å². The molecule has 0 atom stereocenters. The van der Waals surface area contributed by atoms with Crippen LogP contribution in [0, 0.1) is 6.92 Å². The van der Waals surface area contributed by atoms with Crippen molar-refractivity contribution in [1.29, 1.82) is 0 Å². The largest absolute Gasteiger partial charge is 0.256 e. The Balaban J connectivity index is 1.91. The third-order valence-corrected chi connectivity index (χ3v) is 7.72. The number of nitrogens with zero attached hydrogens (tertiary/aromatic N) is 1. The van der Waals surface area contributed by atoms with E-state index in [1.165, 1.54) is 52.6 Å². The molecular formula is C27H37N. The summed E-state index contributed by atoms with van der Waals surface area (Å²) in [6.07, 6.45) is 5.85. The summed E-state index contributed by atoms with van der Waals surface area (Å²) in [7, 11) is 0. The average molecular weight is 376 g/mol. The van der Waals surface area contributed by atoms with Crippen LogP contribution in [0.25, 0.3) is 11.3 Å². The number of aromatic nitrogens is 1. The van der Waals surface area contributed by atoms with Crippen LogP contribution < -0.4 is 0 Å². The Morgan fingerprint density at radius 1 is 0.643 bits per heavy atom. The molecule has 1 heterocycles. The van der Waals surface area contributed by atoms with Gasteiger partial charge in [-0.15, -0.1) is 0 Å². The Morgan fingerprint density at radius 3 is 1.75 bits per heavy atom. The molecule has 1 heteroatoms. The number of benzene rings is 1. The highest BCUT2D eigenvalue weighted by Crippen LogP contribution is 2.51. The fourth-order valence-electron chi connectivity index (χ4n) is 6.00. The zero-order chi connectivity index (χ0) is 20.7. The minimum atomic E-state index is 0.208. The van der Waals surface area contributed by atoms with E-state index in [-0.39, 0.29) is 21.7 Å². The van der Waals surface area contributed by atoms with E-state index in [2.05, 4.69) is 86.7 Å². The van der Waals surface area contributed by atoms with E-state index in [9.17, 15) is 0 Å². The zero-order valence-corrected chi connectivity index (χ0v) is 19.4. The molecule has 0 unspecified atom stereocenters. The van der Waals surface area contributed by atoms with Crippen molar-refractivity contribution in [3.05, 3.63) is 52.2 Å². The van der Waals surface area contributed by atoms with E-state index in [1.807, 2.05) is 0 Å². The molecule has 0 N–H and O–H groups in total. The van der Waals surface area contributed by atoms with Crippen molar-refractivity contribution in [3.63, 3.8) is 0 Å². The quantitative estimate of drug-likeness (QED) is 0.507. The Labute approximate surface area is 172 Å². The molecule has 1 aromatic heterocycles. The predicted octanol–water partition coefficient (Wildman–Crippen LogP) is 7.36. The van der Waals surface area contributed by atoms with Gasteiger partial charge in [0.15, 0.2) is 0 Å². The van der Waals surface area contributed by atoms with E-state index in [1.54, 1.807) is 0 Å². The number of pyridine rings is 1. The summed E-state index contributed by atoms with van der Waals surface area (Å²) in [6, 6.07) is 7.31. The lowest BCUT2D eigenvalue weighted by Crippen LogP contribution is -2.34. The molecule has 0 radical (unpaired) electrons. The van der Waals surface area contributed by atoms with Crippen molar-refractivity contribution in [2.24, 2.45) is 0 Å². The van der Waals surface area contributed by atoms with Gasteiger partial charge in [-0.3, -0.25) is 4.98 Å².